The summed E-state index contributed by atoms with van der Waals surface area (Å²) in [6.07, 6.45) is 2.20. The van der Waals surface area contributed by atoms with Crippen molar-refractivity contribution in [2.75, 3.05) is 37.0 Å². The summed E-state index contributed by atoms with van der Waals surface area (Å²) >= 11 is 0. The molecule has 0 spiro atoms. The highest BCUT2D eigenvalue weighted by atomic mass is 16.4. The fraction of sp³-hybridized carbons (Fsp3) is 0.440. The molecule has 1 saturated heterocycles. The number of carbonyl (C=O) groups is 1. The highest BCUT2D eigenvalue weighted by Crippen LogP contribution is 2.36. The van der Waals surface area contributed by atoms with Gasteiger partial charge in [-0.1, -0.05) is 26.8 Å². The molecule has 2 aromatic heterocycles. The number of rotatable bonds is 5. The molecule has 0 radical (unpaired) electrons. The Labute approximate surface area is 195 Å². The van der Waals surface area contributed by atoms with Crippen molar-refractivity contribution in [2.24, 2.45) is 5.92 Å². The smallest absolute Gasteiger partial charge is 0.354 e. The molecule has 3 aromatic rings. The van der Waals surface area contributed by atoms with E-state index < -0.39 is 5.97 Å². The summed E-state index contributed by atoms with van der Waals surface area (Å²) in [5.41, 5.74) is 4.47. The van der Waals surface area contributed by atoms with Gasteiger partial charge in [0, 0.05) is 39.4 Å². The summed E-state index contributed by atoms with van der Waals surface area (Å²) < 4.78 is 1.81. The van der Waals surface area contributed by atoms with Crippen molar-refractivity contribution in [1.82, 2.24) is 14.8 Å². The van der Waals surface area contributed by atoms with Crippen molar-refractivity contribution < 1.29 is 9.90 Å². The van der Waals surface area contributed by atoms with Gasteiger partial charge < -0.3 is 14.9 Å². The number of aromatic carboxylic acids is 1. The number of aromatic nitrogens is 3. The average Bonchev–Trinajstić information content (AvgIpc) is 3.20. The monoisotopic (exact) mass is 448 g/mol. The van der Waals surface area contributed by atoms with E-state index in [9.17, 15) is 9.90 Å². The largest absolute Gasteiger partial charge is 0.477 e. The van der Waals surface area contributed by atoms with E-state index in [1.54, 1.807) is 10.7 Å². The minimum absolute atomic E-state index is 0.0568. The number of nitrogens with zero attached hydrogens (tertiary/aromatic N) is 6. The molecule has 1 fully saturated rings. The SMILES string of the molecule is C#N.CC1CCN(c2cc(C(=O)O)nc3c2c(C(C)C)nn3-c2cccc(N(C)C)c2)CC1. The lowest BCUT2D eigenvalue weighted by Gasteiger charge is -2.32. The molecule has 0 saturated carbocycles. The van der Waals surface area contributed by atoms with Gasteiger partial charge in [0.05, 0.1) is 22.5 Å². The van der Waals surface area contributed by atoms with Gasteiger partial charge in [-0.3, -0.25) is 0 Å². The van der Waals surface area contributed by atoms with Gasteiger partial charge in [-0.05, 0) is 48.9 Å². The van der Waals surface area contributed by atoms with Crippen LogP contribution in [-0.4, -0.2) is 53.0 Å². The van der Waals surface area contributed by atoms with Gasteiger partial charge in [0.1, 0.15) is 0 Å². The van der Waals surface area contributed by atoms with Crippen molar-refractivity contribution in [3.63, 3.8) is 0 Å². The highest BCUT2D eigenvalue weighted by Gasteiger charge is 2.26. The zero-order valence-corrected chi connectivity index (χ0v) is 20.0. The second-order valence-corrected chi connectivity index (χ2v) is 9.07. The first-order chi connectivity index (χ1) is 15.8. The summed E-state index contributed by atoms with van der Waals surface area (Å²) in [4.78, 5) is 20.9. The fourth-order valence-corrected chi connectivity index (χ4v) is 4.22. The van der Waals surface area contributed by atoms with Crippen LogP contribution < -0.4 is 9.80 Å². The Morgan fingerprint density at radius 1 is 1.21 bits per heavy atom. The molecule has 8 heteroatoms. The predicted octanol–water partition coefficient (Wildman–Crippen LogP) is 4.68. The van der Waals surface area contributed by atoms with Gasteiger partial charge in [-0.2, -0.15) is 5.10 Å². The lowest BCUT2D eigenvalue weighted by Crippen LogP contribution is -2.33. The number of carboxylic acids is 1. The van der Waals surface area contributed by atoms with Crippen LogP contribution in [0.5, 0.6) is 0 Å². The van der Waals surface area contributed by atoms with Crippen molar-refractivity contribution >= 4 is 28.4 Å². The van der Waals surface area contributed by atoms with Crippen LogP contribution >= 0.6 is 0 Å². The first kappa shape index (κ1) is 24.1. The number of benzene rings is 1. The van der Waals surface area contributed by atoms with E-state index >= 15 is 0 Å². The number of fused-ring (bicyclic) bond motifs is 1. The molecule has 3 heterocycles. The first-order valence-electron chi connectivity index (χ1n) is 11.2. The van der Waals surface area contributed by atoms with Crippen LogP contribution in [0.3, 0.4) is 0 Å². The Morgan fingerprint density at radius 2 is 1.88 bits per heavy atom. The Kier molecular flexibility index (Phi) is 7.22. The van der Waals surface area contributed by atoms with E-state index in [4.69, 9.17) is 10.4 Å². The molecule has 1 N–H and O–H groups in total. The number of anilines is 2. The second-order valence-electron chi connectivity index (χ2n) is 9.07. The predicted molar refractivity (Wildman–Crippen MR) is 132 cm³/mol. The summed E-state index contributed by atoms with van der Waals surface area (Å²) in [6, 6.07) is 9.79. The van der Waals surface area contributed by atoms with Gasteiger partial charge in [-0.25, -0.2) is 19.7 Å². The maximum atomic E-state index is 11.9. The molecule has 8 nitrogen and oxygen atoms in total. The number of hydrogen-bond donors (Lipinski definition) is 1. The molecular weight excluding hydrogens is 416 g/mol. The zero-order valence-electron chi connectivity index (χ0n) is 20.0. The molecular formula is C25H32N6O2. The van der Waals surface area contributed by atoms with Crippen molar-refractivity contribution in [3.8, 4) is 12.3 Å². The first-order valence-corrected chi connectivity index (χ1v) is 11.2. The number of hydrogen-bond acceptors (Lipinski definition) is 6. The summed E-state index contributed by atoms with van der Waals surface area (Å²) in [5, 5.41) is 22.2. The molecule has 0 atom stereocenters. The molecule has 1 aromatic carbocycles. The van der Waals surface area contributed by atoms with Crippen LogP contribution in [0.15, 0.2) is 30.3 Å². The highest BCUT2D eigenvalue weighted by molar-refractivity contribution is 5.98. The topological polar surface area (TPSA) is 98.3 Å². The van der Waals surface area contributed by atoms with Crippen LogP contribution in [0, 0.1) is 17.8 Å². The van der Waals surface area contributed by atoms with Crippen molar-refractivity contribution in [3.05, 3.63) is 41.7 Å². The van der Waals surface area contributed by atoms with Crippen molar-refractivity contribution in [1.29, 1.82) is 5.26 Å². The van der Waals surface area contributed by atoms with Gasteiger partial charge in [0.2, 0.25) is 0 Å². The fourth-order valence-electron chi connectivity index (χ4n) is 4.22. The summed E-state index contributed by atoms with van der Waals surface area (Å²) in [7, 11) is 3.99. The van der Waals surface area contributed by atoms with Crippen LogP contribution in [0.2, 0.25) is 0 Å². The quantitative estimate of drug-likeness (QED) is 0.605. The molecule has 1 aliphatic heterocycles. The number of piperidine rings is 1. The average molecular weight is 449 g/mol. The Balaban J connectivity index is 0.00000149. The van der Waals surface area contributed by atoms with E-state index in [0.717, 1.165) is 54.1 Å². The van der Waals surface area contributed by atoms with E-state index in [1.165, 1.54) is 0 Å². The van der Waals surface area contributed by atoms with Crippen LogP contribution in [0.25, 0.3) is 16.7 Å². The van der Waals surface area contributed by atoms with E-state index in [1.807, 2.05) is 43.3 Å². The minimum atomic E-state index is -1.02. The molecule has 0 amide bonds. The number of nitriles is 1. The minimum Gasteiger partial charge on any atom is -0.477 e. The van der Waals surface area contributed by atoms with Gasteiger partial charge in [0.25, 0.3) is 0 Å². The number of carboxylic acid groups (broad SMARTS) is 1. The molecule has 0 unspecified atom stereocenters. The maximum absolute atomic E-state index is 11.9. The van der Waals surface area contributed by atoms with Gasteiger partial charge >= 0.3 is 5.97 Å². The number of pyridine rings is 1. The molecule has 0 bridgehead atoms. The third-order valence-electron chi connectivity index (χ3n) is 6.13. The Hall–Kier alpha value is -3.60. The zero-order chi connectivity index (χ0) is 24.3. The summed E-state index contributed by atoms with van der Waals surface area (Å²) in [5.74, 6) is -0.149. The molecule has 0 aliphatic carbocycles. The lowest BCUT2D eigenvalue weighted by atomic mass is 9.97. The Bertz CT molecular complexity index is 1160. The maximum Gasteiger partial charge on any atom is 0.354 e. The molecule has 174 valence electrons. The molecule has 33 heavy (non-hydrogen) atoms. The lowest BCUT2D eigenvalue weighted by molar-refractivity contribution is 0.0691. The van der Waals surface area contributed by atoms with Crippen molar-refractivity contribution in [2.45, 2.75) is 39.5 Å². The van der Waals surface area contributed by atoms with Gasteiger partial charge in [-0.15, -0.1) is 0 Å². The van der Waals surface area contributed by atoms with E-state index in [0.29, 0.717) is 11.6 Å². The van der Waals surface area contributed by atoms with E-state index in [-0.39, 0.29) is 11.6 Å². The Morgan fingerprint density at radius 3 is 2.45 bits per heavy atom. The second kappa shape index (κ2) is 9.90. The summed E-state index contributed by atoms with van der Waals surface area (Å²) in [6.45, 7) is 11.8. The third-order valence-corrected chi connectivity index (χ3v) is 6.13. The van der Waals surface area contributed by atoms with Crippen LogP contribution in [-0.2, 0) is 0 Å². The molecule has 1 aliphatic rings. The van der Waals surface area contributed by atoms with Crippen LogP contribution in [0.4, 0.5) is 11.4 Å². The standard InChI is InChI=1S/C24H31N5O2.CHN/c1-15(2)22-21-20(28-11-9-16(3)10-12-28)14-19(24(30)31)25-23(21)29(26-22)18-8-6-7-17(13-18)27(4)5;1-2/h6-8,13-16H,9-12H2,1-5H3,(H,30,31);1H. The van der Waals surface area contributed by atoms with E-state index in [2.05, 4.69) is 37.2 Å². The van der Waals surface area contributed by atoms with Gasteiger partial charge in [0.15, 0.2) is 11.3 Å². The molecule has 4 rings (SSSR count). The third kappa shape index (κ3) is 4.77. The normalized spacial score (nSPS) is 14.2. The van der Waals surface area contributed by atoms with Crippen LogP contribution in [0.1, 0.15) is 55.7 Å².